The molecule has 0 saturated carbocycles. The number of carbonyl (C=O) groups excluding carboxylic acids is 2. The van der Waals surface area contributed by atoms with Gasteiger partial charge in [0.1, 0.15) is 5.82 Å². The van der Waals surface area contributed by atoms with Crippen LogP contribution in [0.2, 0.25) is 0 Å². The first kappa shape index (κ1) is 20.1. The van der Waals surface area contributed by atoms with E-state index in [1.807, 2.05) is 18.4 Å². The molecule has 2 amide bonds. The number of likely N-dealkylation sites (tertiary alicyclic amines) is 1. The van der Waals surface area contributed by atoms with Crippen LogP contribution in [-0.2, 0) is 4.79 Å². The highest BCUT2D eigenvalue weighted by atomic mass is 32.1. The van der Waals surface area contributed by atoms with Crippen LogP contribution in [0, 0.1) is 5.82 Å². The molecule has 3 aromatic rings. The maximum absolute atomic E-state index is 13.5. The van der Waals surface area contributed by atoms with Crippen molar-refractivity contribution in [2.75, 3.05) is 18.4 Å². The zero-order valence-electron chi connectivity index (χ0n) is 16.6. The number of nitrogens with one attached hydrogen (secondary N) is 2. The van der Waals surface area contributed by atoms with Crippen molar-refractivity contribution in [3.8, 4) is 0 Å². The van der Waals surface area contributed by atoms with Crippen LogP contribution in [0.15, 0.2) is 29.9 Å². The molecule has 0 spiro atoms. The molecule has 0 bridgehead atoms. The van der Waals surface area contributed by atoms with E-state index in [0.29, 0.717) is 46.9 Å². The van der Waals surface area contributed by atoms with E-state index in [1.165, 1.54) is 24.3 Å². The first-order valence-electron chi connectivity index (χ1n) is 9.59. The Morgan fingerprint density at radius 3 is 2.93 bits per heavy atom. The highest BCUT2D eigenvalue weighted by molar-refractivity contribution is 7.17. The number of nitrogens with zero attached hydrogens (tertiary/aromatic N) is 4. The van der Waals surface area contributed by atoms with Gasteiger partial charge < -0.3 is 15.5 Å². The van der Waals surface area contributed by atoms with Crippen molar-refractivity contribution in [3.05, 3.63) is 47.0 Å². The zero-order chi connectivity index (χ0) is 21.3. The van der Waals surface area contributed by atoms with Crippen molar-refractivity contribution < 1.29 is 14.0 Å². The smallest absolute Gasteiger partial charge is 0.274 e. The summed E-state index contributed by atoms with van der Waals surface area (Å²) in [7, 11) is 0. The largest absolute Gasteiger partial charge is 0.352 e. The summed E-state index contributed by atoms with van der Waals surface area (Å²) in [5, 5.41) is 7.86. The van der Waals surface area contributed by atoms with Gasteiger partial charge in [0, 0.05) is 32.3 Å². The molecule has 156 valence electrons. The lowest BCUT2D eigenvalue weighted by Crippen LogP contribution is -2.37. The SMILES string of the molecule is CC(=O)N[C@@H]1CCN(C(=O)c2nc(NC(C)c3cncc(F)c3)nc3ccsc23)C1. The van der Waals surface area contributed by atoms with Gasteiger partial charge in [-0.3, -0.25) is 14.6 Å². The predicted octanol–water partition coefficient (Wildman–Crippen LogP) is 2.75. The van der Waals surface area contributed by atoms with Crippen LogP contribution in [0.4, 0.5) is 10.3 Å². The molecule has 8 nitrogen and oxygen atoms in total. The van der Waals surface area contributed by atoms with Crippen molar-refractivity contribution in [1.82, 2.24) is 25.2 Å². The summed E-state index contributed by atoms with van der Waals surface area (Å²) >= 11 is 1.41. The maximum atomic E-state index is 13.5. The van der Waals surface area contributed by atoms with Gasteiger partial charge in [-0.15, -0.1) is 11.3 Å². The van der Waals surface area contributed by atoms with Gasteiger partial charge in [-0.2, -0.15) is 0 Å². The van der Waals surface area contributed by atoms with E-state index in [1.54, 1.807) is 11.1 Å². The summed E-state index contributed by atoms with van der Waals surface area (Å²) in [4.78, 5) is 39.0. The summed E-state index contributed by atoms with van der Waals surface area (Å²) in [5.74, 6) is -0.433. The Hall–Kier alpha value is -3.14. The van der Waals surface area contributed by atoms with E-state index in [2.05, 4.69) is 25.6 Å². The number of hydrogen-bond acceptors (Lipinski definition) is 7. The third kappa shape index (κ3) is 4.23. The number of anilines is 1. The molecule has 1 unspecified atom stereocenters. The molecule has 30 heavy (non-hydrogen) atoms. The van der Waals surface area contributed by atoms with Crippen molar-refractivity contribution in [2.24, 2.45) is 0 Å². The summed E-state index contributed by atoms with van der Waals surface area (Å²) < 4.78 is 14.2. The van der Waals surface area contributed by atoms with Crippen LogP contribution in [0.25, 0.3) is 10.2 Å². The maximum Gasteiger partial charge on any atom is 0.274 e. The van der Waals surface area contributed by atoms with E-state index in [9.17, 15) is 14.0 Å². The normalized spacial score (nSPS) is 17.2. The van der Waals surface area contributed by atoms with Gasteiger partial charge in [-0.1, -0.05) is 0 Å². The molecule has 4 heterocycles. The second kappa shape index (κ2) is 8.31. The van der Waals surface area contributed by atoms with Crippen LogP contribution in [0.3, 0.4) is 0 Å². The zero-order valence-corrected chi connectivity index (χ0v) is 17.4. The van der Waals surface area contributed by atoms with E-state index in [4.69, 9.17) is 0 Å². The molecular formula is C20H21FN6O2S. The number of carbonyl (C=O) groups is 2. The molecule has 1 saturated heterocycles. The van der Waals surface area contributed by atoms with Gasteiger partial charge in [-0.05, 0) is 36.4 Å². The van der Waals surface area contributed by atoms with Gasteiger partial charge in [0.25, 0.3) is 5.91 Å². The van der Waals surface area contributed by atoms with Crippen LogP contribution in [0.1, 0.15) is 42.4 Å². The standard InChI is InChI=1S/C20H21FN6O2S/c1-11(13-7-14(21)9-22-8-13)23-20-25-16-4-6-30-18(16)17(26-20)19(29)27-5-3-15(10-27)24-12(2)28/h4,6-9,11,15H,3,5,10H2,1-2H3,(H,24,28)(H,23,25,26)/t11?,15-/m1/s1. The third-order valence-corrected chi connectivity index (χ3v) is 5.87. The van der Waals surface area contributed by atoms with Gasteiger partial charge >= 0.3 is 0 Å². The second-order valence-corrected chi connectivity index (χ2v) is 8.19. The lowest BCUT2D eigenvalue weighted by atomic mass is 10.1. The fraction of sp³-hybridized carbons (Fsp3) is 0.350. The molecule has 0 radical (unpaired) electrons. The minimum Gasteiger partial charge on any atom is -0.352 e. The lowest BCUT2D eigenvalue weighted by Gasteiger charge is -2.18. The molecule has 4 rings (SSSR count). The Morgan fingerprint density at radius 2 is 2.17 bits per heavy atom. The molecule has 1 aliphatic heterocycles. The summed E-state index contributed by atoms with van der Waals surface area (Å²) in [6.45, 7) is 4.31. The first-order valence-corrected chi connectivity index (χ1v) is 10.5. The lowest BCUT2D eigenvalue weighted by molar-refractivity contribution is -0.119. The van der Waals surface area contributed by atoms with Crippen molar-refractivity contribution in [3.63, 3.8) is 0 Å². The Kier molecular flexibility index (Phi) is 5.58. The summed E-state index contributed by atoms with van der Waals surface area (Å²) in [6.07, 6.45) is 3.42. The highest BCUT2D eigenvalue weighted by Crippen LogP contribution is 2.27. The Morgan fingerprint density at radius 1 is 1.33 bits per heavy atom. The monoisotopic (exact) mass is 428 g/mol. The molecule has 0 aromatic carbocycles. The van der Waals surface area contributed by atoms with Gasteiger partial charge in [0.2, 0.25) is 11.9 Å². The average molecular weight is 428 g/mol. The average Bonchev–Trinajstić information content (AvgIpc) is 3.35. The minimum absolute atomic E-state index is 0.0507. The Bertz CT molecular complexity index is 1100. The number of fused-ring (bicyclic) bond motifs is 1. The Labute approximate surface area is 176 Å². The van der Waals surface area contributed by atoms with E-state index < -0.39 is 5.82 Å². The number of aromatic nitrogens is 3. The number of halogens is 1. The molecule has 2 atom stereocenters. The van der Waals surface area contributed by atoms with Crippen molar-refractivity contribution in [1.29, 1.82) is 0 Å². The molecular weight excluding hydrogens is 407 g/mol. The molecule has 1 fully saturated rings. The summed E-state index contributed by atoms with van der Waals surface area (Å²) in [6, 6.07) is 2.88. The molecule has 2 N–H and O–H groups in total. The van der Waals surface area contributed by atoms with Crippen LogP contribution in [0.5, 0.6) is 0 Å². The van der Waals surface area contributed by atoms with E-state index >= 15 is 0 Å². The fourth-order valence-electron chi connectivity index (χ4n) is 3.51. The minimum atomic E-state index is -0.422. The summed E-state index contributed by atoms with van der Waals surface area (Å²) in [5.41, 5.74) is 1.64. The fourth-order valence-corrected chi connectivity index (χ4v) is 4.33. The molecule has 10 heteroatoms. The quantitative estimate of drug-likeness (QED) is 0.648. The number of rotatable bonds is 5. The topological polar surface area (TPSA) is 100 Å². The van der Waals surface area contributed by atoms with Gasteiger partial charge in [0.05, 0.1) is 22.5 Å². The van der Waals surface area contributed by atoms with Crippen LogP contribution in [-0.4, -0.2) is 50.8 Å². The molecule has 0 aliphatic carbocycles. The van der Waals surface area contributed by atoms with Gasteiger partial charge in [-0.25, -0.2) is 14.4 Å². The second-order valence-electron chi connectivity index (χ2n) is 7.27. The van der Waals surface area contributed by atoms with Crippen LogP contribution < -0.4 is 10.6 Å². The molecule has 3 aromatic heterocycles. The number of thiophene rings is 1. The number of amides is 2. The molecule has 1 aliphatic rings. The highest BCUT2D eigenvalue weighted by Gasteiger charge is 2.30. The van der Waals surface area contributed by atoms with Crippen molar-refractivity contribution in [2.45, 2.75) is 32.4 Å². The third-order valence-electron chi connectivity index (χ3n) is 4.96. The van der Waals surface area contributed by atoms with E-state index in [0.717, 1.165) is 6.20 Å². The first-order chi connectivity index (χ1) is 14.4. The Balaban J connectivity index is 1.58. The van der Waals surface area contributed by atoms with Crippen molar-refractivity contribution >= 4 is 39.3 Å². The number of pyridine rings is 1. The van der Waals surface area contributed by atoms with E-state index in [-0.39, 0.29) is 23.9 Å². The van der Waals surface area contributed by atoms with Gasteiger partial charge in [0.15, 0.2) is 5.69 Å². The number of hydrogen-bond donors (Lipinski definition) is 2. The predicted molar refractivity (Wildman–Crippen MR) is 112 cm³/mol. The van der Waals surface area contributed by atoms with Crippen LogP contribution >= 0.6 is 11.3 Å².